The number of amides is 3. The minimum atomic E-state index is -1.24. The van der Waals surface area contributed by atoms with Gasteiger partial charge in [0.25, 0.3) is 0 Å². The normalized spacial score (nSPS) is 13.1. The van der Waals surface area contributed by atoms with E-state index in [-0.39, 0.29) is 63.0 Å². The molecular weight excluding hydrogens is 714 g/mol. The van der Waals surface area contributed by atoms with E-state index in [1.807, 2.05) is 60.7 Å². The SMILES string of the molecule is COCCN(CC(=O)N(CC(=O)N(CC(=O)CC(C(=O)CC(Cc1ccccc1)C(=O)CC(C)C(C)=O)C(C)O)c1ccccc1)Cc1ccccc1)C(C)=O. The monoisotopic (exact) mass is 769 g/mol. The lowest BCUT2D eigenvalue weighted by Crippen LogP contribution is -2.48. The topological polar surface area (TPSA) is 159 Å². The first-order chi connectivity index (χ1) is 26.7. The number of benzene rings is 3. The molecule has 0 aliphatic heterocycles. The fourth-order valence-corrected chi connectivity index (χ4v) is 6.27. The summed E-state index contributed by atoms with van der Waals surface area (Å²) in [6.45, 7) is 5.12. The maximum atomic E-state index is 14.2. The number of nitrogens with zero attached hydrogens (tertiary/aromatic N) is 3. The van der Waals surface area contributed by atoms with Crippen molar-refractivity contribution < 1.29 is 43.4 Å². The molecule has 0 radical (unpaired) electrons. The highest BCUT2D eigenvalue weighted by molar-refractivity contribution is 6.02. The molecule has 0 fully saturated rings. The molecule has 3 rings (SSSR count). The van der Waals surface area contributed by atoms with Crippen LogP contribution in [0.15, 0.2) is 91.0 Å². The molecule has 3 aromatic rings. The zero-order valence-corrected chi connectivity index (χ0v) is 33.1. The highest BCUT2D eigenvalue weighted by Crippen LogP contribution is 2.24. The van der Waals surface area contributed by atoms with Gasteiger partial charge in [0.05, 0.1) is 31.7 Å². The van der Waals surface area contributed by atoms with Crippen molar-refractivity contribution in [1.82, 2.24) is 9.80 Å². The Morgan fingerprint density at radius 2 is 1.21 bits per heavy atom. The average molecular weight is 770 g/mol. The number of aliphatic hydroxyl groups excluding tert-OH is 1. The quantitative estimate of drug-likeness (QED) is 0.139. The average Bonchev–Trinajstić information content (AvgIpc) is 3.17. The summed E-state index contributed by atoms with van der Waals surface area (Å²) in [7, 11) is 1.49. The summed E-state index contributed by atoms with van der Waals surface area (Å²) in [6, 6.07) is 26.7. The first kappa shape index (κ1) is 45.1. The smallest absolute Gasteiger partial charge is 0.247 e. The number of methoxy groups -OCH3 is 1. The van der Waals surface area contributed by atoms with Crippen molar-refractivity contribution in [2.24, 2.45) is 17.8 Å². The molecule has 0 saturated carbocycles. The Morgan fingerprint density at radius 3 is 1.75 bits per heavy atom. The molecule has 12 nitrogen and oxygen atoms in total. The lowest BCUT2D eigenvalue weighted by atomic mass is 9.81. The van der Waals surface area contributed by atoms with E-state index in [2.05, 4.69) is 0 Å². The number of ether oxygens (including phenoxy) is 1. The third-order valence-electron chi connectivity index (χ3n) is 9.81. The van der Waals surface area contributed by atoms with Gasteiger partial charge in [-0.25, -0.2) is 0 Å². The van der Waals surface area contributed by atoms with Crippen LogP contribution in [0.1, 0.15) is 58.1 Å². The summed E-state index contributed by atoms with van der Waals surface area (Å²) < 4.78 is 5.10. The van der Waals surface area contributed by atoms with Crippen LogP contribution >= 0.6 is 0 Å². The van der Waals surface area contributed by atoms with Gasteiger partial charge in [-0.05, 0) is 43.5 Å². The van der Waals surface area contributed by atoms with Crippen LogP contribution in [0.4, 0.5) is 5.69 Å². The van der Waals surface area contributed by atoms with E-state index in [0.717, 1.165) is 11.1 Å². The molecule has 0 spiro atoms. The van der Waals surface area contributed by atoms with E-state index in [1.165, 1.54) is 42.6 Å². The Morgan fingerprint density at radius 1 is 0.661 bits per heavy atom. The molecule has 0 aromatic heterocycles. The van der Waals surface area contributed by atoms with Crippen LogP contribution < -0.4 is 4.90 Å². The Hall–Kier alpha value is -5.33. The number of hydrogen-bond donors (Lipinski definition) is 1. The summed E-state index contributed by atoms with van der Waals surface area (Å²) in [6.07, 6.45) is -1.65. The van der Waals surface area contributed by atoms with Crippen LogP contribution in [0.25, 0.3) is 0 Å². The minimum Gasteiger partial charge on any atom is -0.393 e. The second kappa shape index (κ2) is 22.9. The maximum Gasteiger partial charge on any atom is 0.247 e. The van der Waals surface area contributed by atoms with Crippen molar-refractivity contribution >= 4 is 46.5 Å². The van der Waals surface area contributed by atoms with Gasteiger partial charge in [-0.2, -0.15) is 0 Å². The third kappa shape index (κ3) is 14.7. The Bertz CT molecular complexity index is 1770. The third-order valence-corrected chi connectivity index (χ3v) is 9.81. The van der Waals surface area contributed by atoms with Gasteiger partial charge in [-0.3, -0.25) is 33.6 Å². The molecular formula is C44H55N3O9. The van der Waals surface area contributed by atoms with E-state index in [1.54, 1.807) is 37.3 Å². The molecule has 1 N–H and O–H groups in total. The van der Waals surface area contributed by atoms with Gasteiger partial charge in [0.1, 0.15) is 23.9 Å². The number of rotatable bonds is 24. The molecule has 0 aliphatic rings. The van der Waals surface area contributed by atoms with Crippen LogP contribution in [0.5, 0.6) is 0 Å². The lowest BCUT2D eigenvalue weighted by molar-refractivity contribution is -0.141. The van der Waals surface area contributed by atoms with E-state index in [0.29, 0.717) is 5.69 Å². The zero-order valence-electron chi connectivity index (χ0n) is 33.1. The van der Waals surface area contributed by atoms with Gasteiger partial charge in [0.15, 0.2) is 5.78 Å². The number of ketones is 4. The fraction of sp³-hybridized carbons (Fsp3) is 0.432. The first-order valence-electron chi connectivity index (χ1n) is 18.9. The summed E-state index contributed by atoms with van der Waals surface area (Å²) in [5.41, 5.74) is 1.97. The van der Waals surface area contributed by atoms with Crippen molar-refractivity contribution in [2.75, 3.05) is 44.8 Å². The highest BCUT2D eigenvalue weighted by Gasteiger charge is 2.33. The van der Waals surface area contributed by atoms with Gasteiger partial charge in [0, 0.05) is 63.9 Å². The molecule has 4 atom stereocenters. The number of carbonyl (C=O) groups excluding carboxylic acids is 7. The lowest BCUT2D eigenvalue weighted by Gasteiger charge is -2.30. The predicted molar refractivity (Wildman–Crippen MR) is 212 cm³/mol. The van der Waals surface area contributed by atoms with Gasteiger partial charge < -0.3 is 24.5 Å². The molecule has 12 heteroatoms. The van der Waals surface area contributed by atoms with Crippen LogP contribution in [-0.2, 0) is 51.3 Å². The molecule has 3 amide bonds. The number of carbonyl (C=O) groups is 7. The van der Waals surface area contributed by atoms with Gasteiger partial charge in [-0.15, -0.1) is 0 Å². The Labute approximate surface area is 329 Å². The van der Waals surface area contributed by atoms with Gasteiger partial charge >= 0.3 is 0 Å². The zero-order chi connectivity index (χ0) is 41.2. The molecule has 56 heavy (non-hydrogen) atoms. The van der Waals surface area contributed by atoms with E-state index in [9.17, 15) is 38.7 Å². The number of para-hydroxylation sites is 1. The molecule has 4 unspecified atom stereocenters. The second-order valence-electron chi connectivity index (χ2n) is 14.3. The van der Waals surface area contributed by atoms with E-state index >= 15 is 0 Å². The molecule has 0 heterocycles. The van der Waals surface area contributed by atoms with Crippen molar-refractivity contribution in [3.8, 4) is 0 Å². The fourth-order valence-electron chi connectivity index (χ4n) is 6.27. The van der Waals surface area contributed by atoms with Crippen molar-refractivity contribution in [3.05, 3.63) is 102 Å². The number of anilines is 1. The number of Topliss-reactive ketones (excluding diaryl/α,β-unsaturated/α-hetero) is 4. The van der Waals surface area contributed by atoms with Crippen LogP contribution in [-0.4, -0.2) is 102 Å². The molecule has 0 aliphatic carbocycles. The molecule has 0 bridgehead atoms. The summed E-state index contributed by atoms with van der Waals surface area (Å²) in [5.74, 6) is -5.21. The van der Waals surface area contributed by atoms with Crippen LogP contribution in [0.2, 0.25) is 0 Å². The van der Waals surface area contributed by atoms with Crippen molar-refractivity contribution in [2.45, 2.75) is 66.0 Å². The Kier molecular flexibility index (Phi) is 18.4. The summed E-state index contributed by atoms with van der Waals surface area (Å²) in [5, 5.41) is 10.8. The van der Waals surface area contributed by atoms with Gasteiger partial charge in [0.2, 0.25) is 17.7 Å². The van der Waals surface area contributed by atoms with Crippen molar-refractivity contribution in [3.63, 3.8) is 0 Å². The maximum absolute atomic E-state index is 14.2. The summed E-state index contributed by atoms with van der Waals surface area (Å²) in [4.78, 5) is 97.2. The minimum absolute atomic E-state index is 0.0315. The summed E-state index contributed by atoms with van der Waals surface area (Å²) >= 11 is 0. The number of aliphatic hydroxyl groups is 1. The van der Waals surface area contributed by atoms with E-state index < -0.39 is 66.7 Å². The number of hydrogen-bond acceptors (Lipinski definition) is 9. The van der Waals surface area contributed by atoms with Crippen LogP contribution in [0.3, 0.4) is 0 Å². The Balaban J connectivity index is 1.85. The van der Waals surface area contributed by atoms with Gasteiger partial charge in [-0.1, -0.05) is 85.8 Å². The second-order valence-corrected chi connectivity index (χ2v) is 14.3. The van der Waals surface area contributed by atoms with Crippen LogP contribution in [0, 0.1) is 17.8 Å². The first-order valence-corrected chi connectivity index (χ1v) is 18.9. The highest BCUT2D eigenvalue weighted by atomic mass is 16.5. The largest absolute Gasteiger partial charge is 0.393 e. The molecule has 3 aromatic carbocycles. The standard InChI is InChI=1S/C44H55N3O9/c1-31(32(2)48)23-41(52)37(24-35-15-9-6-10-16-35)25-42(53)40(33(3)49)26-39(51)28-47(38-19-13-8-14-20-38)44(55)30-46(27-36-17-11-7-12-18-36)43(54)29-45(34(4)50)21-22-56-5/h6-20,31,33,37,40,49H,21-30H2,1-5H3. The van der Waals surface area contributed by atoms with Crippen molar-refractivity contribution in [1.29, 1.82) is 0 Å². The molecule has 300 valence electrons. The molecule has 0 saturated heterocycles. The van der Waals surface area contributed by atoms with E-state index in [4.69, 9.17) is 4.74 Å². The predicted octanol–water partition coefficient (Wildman–Crippen LogP) is 4.50.